The third-order valence-electron chi connectivity index (χ3n) is 6.11. The van der Waals surface area contributed by atoms with Gasteiger partial charge in [-0.05, 0) is 60.8 Å². The van der Waals surface area contributed by atoms with Gasteiger partial charge in [0.25, 0.3) is 5.91 Å². The van der Waals surface area contributed by atoms with Crippen molar-refractivity contribution in [3.05, 3.63) is 75.6 Å². The minimum absolute atomic E-state index is 0.0702. The molecule has 4 rings (SSSR count). The van der Waals surface area contributed by atoms with E-state index in [0.717, 1.165) is 41.2 Å². The summed E-state index contributed by atoms with van der Waals surface area (Å²) >= 11 is 1.67. The molecule has 0 unspecified atom stereocenters. The first kappa shape index (κ1) is 21.6. The fourth-order valence-electron chi connectivity index (χ4n) is 4.09. The molecule has 4 nitrogen and oxygen atoms in total. The molecule has 0 aliphatic heterocycles. The molecule has 1 N–H and O–H groups in total. The first-order valence-electron chi connectivity index (χ1n) is 10.9. The highest BCUT2D eigenvalue weighted by atomic mass is 32.1. The zero-order chi connectivity index (χ0) is 22.0. The van der Waals surface area contributed by atoms with Crippen LogP contribution in [0, 0.1) is 18.3 Å². The molecule has 0 saturated carbocycles. The lowest BCUT2D eigenvalue weighted by Gasteiger charge is -2.33. The van der Waals surface area contributed by atoms with E-state index >= 15 is 0 Å². The minimum Gasteiger partial charge on any atom is -0.467 e. The van der Waals surface area contributed by atoms with E-state index < -0.39 is 0 Å². The zero-order valence-electron chi connectivity index (χ0n) is 18.7. The number of nitrogens with zero attached hydrogens (tertiary/aromatic N) is 1. The molecule has 1 aliphatic rings. The average Bonchev–Trinajstić information content (AvgIpc) is 3.38. The molecule has 2 aromatic heterocycles. The van der Waals surface area contributed by atoms with Gasteiger partial charge in [0.2, 0.25) is 0 Å². The number of benzene rings is 1. The number of aliphatic imine (C=N–C) groups is 1. The second kappa shape index (κ2) is 8.83. The summed E-state index contributed by atoms with van der Waals surface area (Å²) in [6.07, 6.45) is 6.53. The quantitative estimate of drug-likeness (QED) is 0.467. The van der Waals surface area contributed by atoms with E-state index in [-0.39, 0.29) is 11.3 Å². The standard InChI is InChI=1S/C26H30N2O2S/c1-17-7-9-18(10-8-17)15-28-25-23(24(29)27-16-20-6-5-13-30-20)21-12-11-19(26(2,3)4)14-22(21)31-25/h5-10,13,15,19H,11-12,14,16H2,1-4H3,(H,27,29)/t19-/m1/s1. The first-order valence-corrected chi connectivity index (χ1v) is 11.7. The number of rotatable bonds is 5. The highest BCUT2D eigenvalue weighted by Crippen LogP contribution is 2.45. The lowest BCUT2D eigenvalue weighted by Crippen LogP contribution is -2.28. The topological polar surface area (TPSA) is 54.6 Å². The third kappa shape index (κ3) is 4.99. The summed E-state index contributed by atoms with van der Waals surface area (Å²) in [6.45, 7) is 9.38. The van der Waals surface area contributed by atoms with Crippen LogP contribution in [0.1, 0.15) is 64.9 Å². The summed E-state index contributed by atoms with van der Waals surface area (Å²) in [4.78, 5) is 19.3. The van der Waals surface area contributed by atoms with Crippen molar-refractivity contribution in [2.75, 3.05) is 0 Å². The van der Waals surface area contributed by atoms with Crippen LogP contribution in [0.25, 0.3) is 0 Å². The van der Waals surface area contributed by atoms with E-state index in [0.29, 0.717) is 12.5 Å². The Morgan fingerprint density at radius 1 is 1.26 bits per heavy atom. The Labute approximate surface area is 188 Å². The number of thiophene rings is 1. The van der Waals surface area contributed by atoms with Crippen molar-refractivity contribution in [1.82, 2.24) is 5.32 Å². The Hall–Kier alpha value is -2.66. The van der Waals surface area contributed by atoms with E-state index in [1.54, 1.807) is 17.6 Å². The maximum atomic E-state index is 13.2. The van der Waals surface area contributed by atoms with Gasteiger partial charge in [-0.25, -0.2) is 4.99 Å². The SMILES string of the molecule is Cc1ccc(C=Nc2sc3c(c2C(=O)NCc2ccco2)CC[C@@H](C(C)(C)C)C3)cc1. The number of carbonyl (C=O) groups excluding carboxylic acids is 1. The van der Waals surface area contributed by atoms with Crippen molar-refractivity contribution in [2.24, 2.45) is 16.3 Å². The summed E-state index contributed by atoms with van der Waals surface area (Å²) in [6, 6.07) is 12.0. The second-order valence-corrected chi connectivity index (χ2v) is 10.5. The largest absolute Gasteiger partial charge is 0.467 e. The summed E-state index contributed by atoms with van der Waals surface area (Å²) in [5.74, 6) is 1.29. The van der Waals surface area contributed by atoms with Crippen LogP contribution in [0.2, 0.25) is 0 Å². The van der Waals surface area contributed by atoms with Crippen LogP contribution in [0.5, 0.6) is 0 Å². The van der Waals surface area contributed by atoms with Gasteiger partial charge in [0, 0.05) is 11.1 Å². The molecule has 0 spiro atoms. The monoisotopic (exact) mass is 434 g/mol. The average molecular weight is 435 g/mol. The molecule has 0 bridgehead atoms. The number of nitrogens with one attached hydrogen (secondary N) is 1. The predicted molar refractivity (Wildman–Crippen MR) is 128 cm³/mol. The van der Waals surface area contributed by atoms with Crippen LogP contribution in [-0.2, 0) is 19.4 Å². The number of carbonyl (C=O) groups is 1. The fourth-order valence-corrected chi connectivity index (χ4v) is 5.36. The zero-order valence-corrected chi connectivity index (χ0v) is 19.5. The third-order valence-corrected chi connectivity index (χ3v) is 7.27. The second-order valence-electron chi connectivity index (χ2n) is 9.42. The molecule has 0 radical (unpaired) electrons. The van der Waals surface area contributed by atoms with Crippen molar-refractivity contribution in [1.29, 1.82) is 0 Å². The molecule has 1 amide bonds. The van der Waals surface area contributed by atoms with Crippen LogP contribution in [0.4, 0.5) is 5.00 Å². The molecule has 31 heavy (non-hydrogen) atoms. The Morgan fingerprint density at radius 3 is 2.71 bits per heavy atom. The molecular weight excluding hydrogens is 404 g/mol. The number of fused-ring (bicyclic) bond motifs is 1. The fraction of sp³-hybridized carbons (Fsp3) is 0.385. The van der Waals surface area contributed by atoms with Crippen LogP contribution < -0.4 is 5.32 Å². The number of amides is 1. The van der Waals surface area contributed by atoms with Crippen LogP contribution in [0.3, 0.4) is 0 Å². The predicted octanol–water partition coefficient (Wildman–Crippen LogP) is 6.48. The van der Waals surface area contributed by atoms with Crippen molar-refractivity contribution in [3.8, 4) is 0 Å². The van der Waals surface area contributed by atoms with Crippen LogP contribution in [0.15, 0.2) is 52.1 Å². The summed E-state index contributed by atoms with van der Waals surface area (Å²) in [5, 5.41) is 3.83. The number of hydrogen-bond acceptors (Lipinski definition) is 4. The van der Waals surface area contributed by atoms with Crippen LogP contribution in [-0.4, -0.2) is 12.1 Å². The molecule has 3 aromatic rings. The van der Waals surface area contributed by atoms with Gasteiger partial charge in [0.05, 0.1) is 18.4 Å². The van der Waals surface area contributed by atoms with Gasteiger partial charge in [-0.3, -0.25) is 4.79 Å². The summed E-state index contributed by atoms with van der Waals surface area (Å²) in [7, 11) is 0. The number of aryl methyl sites for hydroxylation is 1. The van der Waals surface area contributed by atoms with Gasteiger partial charge in [0.1, 0.15) is 10.8 Å². The Bertz CT molecular complexity index is 1070. The van der Waals surface area contributed by atoms with E-state index in [2.05, 4.69) is 57.3 Å². The molecule has 162 valence electrons. The van der Waals surface area contributed by atoms with Gasteiger partial charge >= 0.3 is 0 Å². The minimum atomic E-state index is -0.0702. The lowest BCUT2D eigenvalue weighted by atomic mass is 9.72. The molecule has 0 saturated heterocycles. The van der Waals surface area contributed by atoms with Gasteiger partial charge in [0.15, 0.2) is 0 Å². The molecular formula is C26H30N2O2S. The smallest absolute Gasteiger partial charge is 0.255 e. The van der Waals surface area contributed by atoms with Gasteiger partial charge < -0.3 is 9.73 Å². The molecule has 1 aromatic carbocycles. The Kier molecular flexibility index (Phi) is 6.15. The van der Waals surface area contributed by atoms with E-state index in [1.165, 1.54) is 16.0 Å². The van der Waals surface area contributed by atoms with E-state index in [9.17, 15) is 4.79 Å². The molecule has 1 atom stereocenters. The van der Waals surface area contributed by atoms with E-state index in [1.807, 2.05) is 18.3 Å². The molecule has 5 heteroatoms. The van der Waals surface area contributed by atoms with Crippen molar-refractivity contribution < 1.29 is 9.21 Å². The Balaban J connectivity index is 1.64. The van der Waals surface area contributed by atoms with Crippen molar-refractivity contribution in [3.63, 3.8) is 0 Å². The maximum absolute atomic E-state index is 13.2. The highest BCUT2D eigenvalue weighted by molar-refractivity contribution is 7.16. The molecule has 1 aliphatic carbocycles. The van der Waals surface area contributed by atoms with Crippen LogP contribution >= 0.6 is 11.3 Å². The lowest BCUT2D eigenvalue weighted by molar-refractivity contribution is 0.0947. The van der Waals surface area contributed by atoms with Crippen molar-refractivity contribution >= 4 is 28.5 Å². The Morgan fingerprint density at radius 2 is 2.03 bits per heavy atom. The van der Waals surface area contributed by atoms with Gasteiger partial charge in [-0.15, -0.1) is 11.3 Å². The van der Waals surface area contributed by atoms with Gasteiger partial charge in [-0.2, -0.15) is 0 Å². The number of hydrogen-bond donors (Lipinski definition) is 1. The summed E-state index contributed by atoms with van der Waals surface area (Å²) < 4.78 is 5.37. The van der Waals surface area contributed by atoms with Gasteiger partial charge in [-0.1, -0.05) is 50.6 Å². The summed E-state index contributed by atoms with van der Waals surface area (Å²) in [5.41, 5.74) is 4.43. The number of furan rings is 1. The highest BCUT2D eigenvalue weighted by Gasteiger charge is 2.33. The molecule has 0 fully saturated rings. The maximum Gasteiger partial charge on any atom is 0.255 e. The van der Waals surface area contributed by atoms with E-state index in [4.69, 9.17) is 9.41 Å². The first-order chi connectivity index (χ1) is 14.8. The normalized spacial score (nSPS) is 16.5. The molecule has 2 heterocycles. The van der Waals surface area contributed by atoms with Crippen molar-refractivity contribution in [2.45, 2.75) is 53.5 Å².